The first kappa shape index (κ1) is 18.2. The van der Waals surface area contributed by atoms with Gasteiger partial charge in [0, 0.05) is 16.7 Å². The summed E-state index contributed by atoms with van der Waals surface area (Å²) in [5, 5.41) is 9.67. The summed E-state index contributed by atoms with van der Waals surface area (Å²) in [4.78, 5) is 27.8. The Balaban J connectivity index is 2.25. The highest BCUT2D eigenvalue weighted by Crippen LogP contribution is 2.24. The van der Waals surface area contributed by atoms with E-state index in [1.807, 2.05) is 0 Å². The third-order valence-corrected chi connectivity index (χ3v) is 4.93. The number of hydrogen-bond donors (Lipinski definition) is 1. The molecule has 1 heterocycles. The first-order valence-electron chi connectivity index (χ1n) is 7.35. The minimum absolute atomic E-state index is 0.0184. The monoisotopic (exact) mass is 396 g/mol. The number of hydrogen-bond acceptors (Lipinski definition) is 3. The molecule has 26 heavy (non-hydrogen) atoms. The summed E-state index contributed by atoms with van der Waals surface area (Å²) in [7, 11) is 0. The van der Waals surface area contributed by atoms with Crippen LogP contribution in [0.2, 0.25) is 5.02 Å². The van der Waals surface area contributed by atoms with Crippen molar-refractivity contribution in [2.75, 3.05) is 0 Å². The van der Waals surface area contributed by atoms with E-state index in [0.29, 0.717) is 5.02 Å². The summed E-state index contributed by atoms with van der Waals surface area (Å²) in [6, 6.07) is 6.80. The minimum Gasteiger partial charge on any atom is -0.480 e. The number of aliphatic carboxylic acids is 1. The third kappa shape index (κ3) is 3.38. The number of thiazole rings is 1. The molecule has 0 aliphatic heterocycles. The molecule has 3 rings (SSSR count). The molecule has 0 saturated carbocycles. The molecule has 0 fully saturated rings. The van der Waals surface area contributed by atoms with Gasteiger partial charge in [-0.25, -0.2) is 13.6 Å². The maximum atomic E-state index is 13.6. The van der Waals surface area contributed by atoms with E-state index in [9.17, 15) is 23.5 Å². The van der Waals surface area contributed by atoms with Crippen LogP contribution in [0.3, 0.4) is 0 Å². The fourth-order valence-electron chi connectivity index (χ4n) is 2.37. The number of carbonyl (C=O) groups is 2. The second-order valence-electron chi connectivity index (χ2n) is 5.43. The standard InChI is InChI=1S/C17H11ClF2N2O3S/c1-8(16(24)25)22-13-6-11(19)12(20)7-14(13)26-17(22)21-15(23)9-3-2-4-10(18)5-9/h2-8H,1H3,(H,24,25). The van der Waals surface area contributed by atoms with Crippen LogP contribution in [-0.2, 0) is 4.79 Å². The average molecular weight is 397 g/mol. The van der Waals surface area contributed by atoms with E-state index in [0.717, 1.165) is 23.5 Å². The summed E-state index contributed by atoms with van der Waals surface area (Å²) in [6.07, 6.45) is 0. The summed E-state index contributed by atoms with van der Waals surface area (Å²) in [5.41, 5.74) is 0.350. The molecule has 0 saturated heterocycles. The number of aromatic nitrogens is 1. The van der Waals surface area contributed by atoms with Crippen molar-refractivity contribution in [1.82, 2.24) is 4.57 Å². The second kappa shape index (κ2) is 6.97. The predicted octanol–water partition coefficient (Wildman–Crippen LogP) is 4.02. The van der Waals surface area contributed by atoms with Gasteiger partial charge in [-0.05, 0) is 31.2 Å². The van der Waals surface area contributed by atoms with E-state index >= 15 is 0 Å². The highest BCUT2D eigenvalue weighted by Gasteiger charge is 2.21. The quantitative estimate of drug-likeness (QED) is 0.726. The Kier molecular flexibility index (Phi) is 4.88. The Morgan fingerprint density at radius 2 is 1.92 bits per heavy atom. The number of amides is 1. The molecular weight excluding hydrogens is 386 g/mol. The van der Waals surface area contributed by atoms with Gasteiger partial charge >= 0.3 is 5.97 Å². The van der Waals surface area contributed by atoms with Crippen molar-refractivity contribution in [1.29, 1.82) is 0 Å². The lowest BCUT2D eigenvalue weighted by atomic mass is 10.2. The number of fused-ring (bicyclic) bond motifs is 1. The fraction of sp³-hybridized carbons (Fsp3) is 0.118. The first-order valence-corrected chi connectivity index (χ1v) is 8.55. The molecule has 134 valence electrons. The molecule has 1 unspecified atom stereocenters. The van der Waals surface area contributed by atoms with Crippen molar-refractivity contribution < 1.29 is 23.5 Å². The van der Waals surface area contributed by atoms with Crippen LogP contribution in [-0.4, -0.2) is 21.6 Å². The lowest BCUT2D eigenvalue weighted by Gasteiger charge is -2.10. The molecular formula is C17H11ClF2N2O3S. The fourth-order valence-corrected chi connectivity index (χ4v) is 3.67. The zero-order valence-electron chi connectivity index (χ0n) is 13.2. The van der Waals surface area contributed by atoms with Crippen LogP contribution in [0, 0.1) is 11.6 Å². The summed E-state index contributed by atoms with van der Waals surface area (Å²) in [6.45, 7) is 1.36. The molecule has 1 amide bonds. The third-order valence-electron chi connectivity index (χ3n) is 3.68. The van der Waals surface area contributed by atoms with Crippen LogP contribution < -0.4 is 4.80 Å². The first-order chi connectivity index (χ1) is 12.3. The molecule has 0 aliphatic rings. The number of carbonyl (C=O) groups excluding carboxylic acids is 1. The predicted molar refractivity (Wildman–Crippen MR) is 93.4 cm³/mol. The summed E-state index contributed by atoms with van der Waals surface area (Å²) < 4.78 is 28.6. The smallest absolute Gasteiger partial charge is 0.326 e. The van der Waals surface area contributed by atoms with Gasteiger partial charge < -0.3 is 9.67 Å². The second-order valence-corrected chi connectivity index (χ2v) is 6.88. The largest absolute Gasteiger partial charge is 0.480 e. The Morgan fingerprint density at radius 3 is 2.58 bits per heavy atom. The Hall–Kier alpha value is -2.58. The van der Waals surface area contributed by atoms with Crippen molar-refractivity contribution in [2.24, 2.45) is 4.99 Å². The molecule has 9 heteroatoms. The van der Waals surface area contributed by atoms with Gasteiger partial charge in [-0.1, -0.05) is 29.0 Å². The topological polar surface area (TPSA) is 71.7 Å². The van der Waals surface area contributed by atoms with Gasteiger partial charge in [0.1, 0.15) is 6.04 Å². The van der Waals surface area contributed by atoms with Crippen molar-refractivity contribution >= 4 is 45.0 Å². The molecule has 5 nitrogen and oxygen atoms in total. The van der Waals surface area contributed by atoms with Crippen LogP contribution >= 0.6 is 22.9 Å². The van der Waals surface area contributed by atoms with E-state index in [-0.39, 0.29) is 20.6 Å². The van der Waals surface area contributed by atoms with Gasteiger partial charge in [0.2, 0.25) is 0 Å². The van der Waals surface area contributed by atoms with Crippen molar-refractivity contribution in [3.8, 4) is 0 Å². The van der Waals surface area contributed by atoms with Crippen molar-refractivity contribution in [3.63, 3.8) is 0 Å². The average Bonchev–Trinajstić information content (AvgIpc) is 2.91. The molecule has 1 atom stereocenters. The molecule has 0 spiro atoms. The SMILES string of the molecule is CC(C(=O)O)n1c(=NC(=O)c2cccc(Cl)c2)sc2cc(F)c(F)cc21. The van der Waals surface area contributed by atoms with Crippen LogP contribution in [0.4, 0.5) is 8.78 Å². The van der Waals surface area contributed by atoms with Crippen molar-refractivity contribution in [3.05, 3.63) is 63.4 Å². The zero-order chi connectivity index (χ0) is 19.0. The number of carboxylic acid groups (broad SMARTS) is 1. The van der Waals surface area contributed by atoms with Crippen LogP contribution in [0.15, 0.2) is 41.4 Å². The molecule has 1 N–H and O–H groups in total. The Bertz CT molecular complexity index is 1110. The van der Waals surface area contributed by atoms with Gasteiger partial charge in [0.25, 0.3) is 5.91 Å². The number of rotatable bonds is 3. The van der Waals surface area contributed by atoms with E-state index in [1.54, 1.807) is 12.1 Å². The zero-order valence-corrected chi connectivity index (χ0v) is 14.8. The van der Waals surface area contributed by atoms with E-state index < -0.39 is 29.6 Å². The summed E-state index contributed by atoms with van der Waals surface area (Å²) in [5.74, 6) is -4.03. The van der Waals surface area contributed by atoms with Gasteiger partial charge in [0.05, 0.1) is 10.2 Å². The lowest BCUT2D eigenvalue weighted by Crippen LogP contribution is -2.25. The maximum absolute atomic E-state index is 13.6. The molecule has 1 aromatic heterocycles. The number of nitrogens with zero attached hydrogens (tertiary/aromatic N) is 2. The normalized spacial score (nSPS) is 13.2. The lowest BCUT2D eigenvalue weighted by molar-refractivity contribution is -0.140. The van der Waals surface area contributed by atoms with Gasteiger partial charge in [-0.15, -0.1) is 0 Å². The highest BCUT2D eigenvalue weighted by atomic mass is 35.5. The molecule has 2 aromatic carbocycles. The Labute approximate surface area is 154 Å². The van der Waals surface area contributed by atoms with Gasteiger partial charge in [-0.2, -0.15) is 4.99 Å². The van der Waals surface area contributed by atoms with Crippen LogP contribution in [0.5, 0.6) is 0 Å². The molecule has 0 radical (unpaired) electrons. The van der Waals surface area contributed by atoms with Crippen molar-refractivity contribution in [2.45, 2.75) is 13.0 Å². The maximum Gasteiger partial charge on any atom is 0.326 e. The molecule has 3 aromatic rings. The summed E-state index contributed by atoms with van der Waals surface area (Å²) >= 11 is 6.75. The van der Waals surface area contributed by atoms with Gasteiger partial charge in [0.15, 0.2) is 16.4 Å². The van der Waals surface area contributed by atoms with Crippen LogP contribution in [0.1, 0.15) is 23.3 Å². The Morgan fingerprint density at radius 1 is 1.23 bits per heavy atom. The number of halogens is 3. The minimum atomic E-state index is -1.20. The van der Waals surface area contributed by atoms with Gasteiger partial charge in [-0.3, -0.25) is 4.79 Å². The number of carboxylic acids is 1. The highest BCUT2D eigenvalue weighted by molar-refractivity contribution is 7.16. The van der Waals surface area contributed by atoms with Crippen LogP contribution in [0.25, 0.3) is 10.2 Å². The molecule has 0 bridgehead atoms. The number of benzene rings is 2. The van der Waals surface area contributed by atoms with E-state index in [4.69, 9.17) is 11.6 Å². The van der Waals surface area contributed by atoms with E-state index in [1.165, 1.54) is 23.6 Å². The van der Waals surface area contributed by atoms with E-state index in [2.05, 4.69) is 4.99 Å². The molecule has 0 aliphatic carbocycles.